The minimum absolute atomic E-state index is 0.113. The van der Waals surface area contributed by atoms with Gasteiger partial charge in [0.05, 0.1) is 12.7 Å². The summed E-state index contributed by atoms with van der Waals surface area (Å²) >= 11 is 0. The van der Waals surface area contributed by atoms with Crippen LogP contribution in [0.3, 0.4) is 0 Å². The molecule has 0 saturated carbocycles. The molecule has 0 aliphatic heterocycles. The van der Waals surface area contributed by atoms with Gasteiger partial charge in [-0.3, -0.25) is 4.79 Å². The fraction of sp³-hybridized carbons (Fsp3) is 0.176. The van der Waals surface area contributed by atoms with Crippen LogP contribution in [0.1, 0.15) is 16.8 Å². The number of anilines is 2. The van der Waals surface area contributed by atoms with E-state index in [1.807, 2.05) is 0 Å². The average molecular weight is 334 g/mol. The SMILES string of the molecule is COC(=O)c1cccc(NC(=O)CCNc2ccc(F)c(F)c2)c1. The molecule has 5 nitrogen and oxygen atoms in total. The highest BCUT2D eigenvalue weighted by Gasteiger charge is 2.08. The van der Waals surface area contributed by atoms with Gasteiger partial charge >= 0.3 is 5.97 Å². The van der Waals surface area contributed by atoms with Gasteiger partial charge < -0.3 is 15.4 Å². The summed E-state index contributed by atoms with van der Waals surface area (Å²) in [4.78, 5) is 23.3. The summed E-state index contributed by atoms with van der Waals surface area (Å²) in [6, 6.07) is 9.77. The minimum atomic E-state index is -0.955. The molecular formula is C17H16F2N2O3. The molecule has 0 saturated heterocycles. The maximum Gasteiger partial charge on any atom is 0.337 e. The van der Waals surface area contributed by atoms with Gasteiger partial charge in [0.1, 0.15) is 0 Å². The van der Waals surface area contributed by atoms with Crippen molar-refractivity contribution in [1.29, 1.82) is 0 Å². The Balaban J connectivity index is 1.85. The lowest BCUT2D eigenvalue weighted by molar-refractivity contribution is -0.115. The summed E-state index contributed by atoms with van der Waals surface area (Å²) in [5.74, 6) is -2.66. The van der Waals surface area contributed by atoms with E-state index in [4.69, 9.17) is 0 Å². The standard InChI is InChI=1S/C17H16F2N2O3/c1-24-17(23)11-3-2-4-13(9-11)21-16(22)7-8-20-12-5-6-14(18)15(19)10-12/h2-6,9-10,20H,7-8H2,1H3,(H,21,22). The van der Waals surface area contributed by atoms with E-state index in [0.717, 1.165) is 12.1 Å². The Morgan fingerprint density at radius 3 is 2.54 bits per heavy atom. The maximum atomic E-state index is 13.1. The van der Waals surface area contributed by atoms with Crippen LogP contribution >= 0.6 is 0 Å². The molecule has 0 spiro atoms. The molecule has 0 unspecified atom stereocenters. The second-order valence-corrected chi connectivity index (χ2v) is 4.93. The van der Waals surface area contributed by atoms with Crippen LogP contribution < -0.4 is 10.6 Å². The summed E-state index contributed by atoms with van der Waals surface area (Å²) in [5, 5.41) is 5.47. The first kappa shape index (κ1) is 17.4. The molecule has 0 fully saturated rings. The number of halogens is 2. The molecule has 0 bridgehead atoms. The lowest BCUT2D eigenvalue weighted by Crippen LogP contribution is -2.16. The van der Waals surface area contributed by atoms with E-state index in [1.54, 1.807) is 18.2 Å². The number of hydrogen-bond acceptors (Lipinski definition) is 4. The zero-order valence-corrected chi connectivity index (χ0v) is 12.9. The first-order valence-corrected chi connectivity index (χ1v) is 7.17. The Bertz CT molecular complexity index is 750. The number of amides is 1. The molecule has 2 rings (SSSR count). The van der Waals surface area contributed by atoms with Crippen molar-refractivity contribution < 1.29 is 23.1 Å². The van der Waals surface area contributed by atoms with Crippen molar-refractivity contribution >= 4 is 23.3 Å². The van der Waals surface area contributed by atoms with Crippen LogP contribution in [-0.4, -0.2) is 25.5 Å². The molecule has 2 aromatic carbocycles. The second kappa shape index (κ2) is 8.05. The van der Waals surface area contributed by atoms with E-state index in [2.05, 4.69) is 15.4 Å². The normalized spacial score (nSPS) is 10.1. The van der Waals surface area contributed by atoms with E-state index < -0.39 is 17.6 Å². The summed E-state index contributed by atoms with van der Waals surface area (Å²) in [6.45, 7) is 0.244. The Hall–Kier alpha value is -2.96. The quantitative estimate of drug-likeness (QED) is 0.796. The smallest absolute Gasteiger partial charge is 0.337 e. The monoisotopic (exact) mass is 334 g/mol. The van der Waals surface area contributed by atoms with E-state index in [-0.39, 0.29) is 18.9 Å². The highest BCUT2D eigenvalue weighted by atomic mass is 19.2. The Morgan fingerprint density at radius 2 is 1.83 bits per heavy atom. The van der Waals surface area contributed by atoms with E-state index >= 15 is 0 Å². The molecule has 7 heteroatoms. The molecule has 0 heterocycles. The van der Waals surface area contributed by atoms with Crippen molar-refractivity contribution in [1.82, 2.24) is 0 Å². The highest BCUT2D eigenvalue weighted by molar-refractivity contribution is 5.94. The number of carbonyl (C=O) groups excluding carboxylic acids is 2. The minimum Gasteiger partial charge on any atom is -0.465 e. The number of esters is 1. The third-order valence-corrected chi connectivity index (χ3v) is 3.17. The second-order valence-electron chi connectivity index (χ2n) is 4.93. The van der Waals surface area contributed by atoms with Gasteiger partial charge in [-0.05, 0) is 36.4 Å². The van der Waals surface area contributed by atoms with E-state index in [9.17, 15) is 18.4 Å². The van der Waals surface area contributed by atoms with Crippen LogP contribution in [0.15, 0.2) is 42.5 Å². The molecule has 0 atom stereocenters. The Morgan fingerprint density at radius 1 is 1.04 bits per heavy atom. The number of nitrogens with one attached hydrogen (secondary N) is 2. The number of methoxy groups -OCH3 is 1. The molecule has 24 heavy (non-hydrogen) atoms. The van der Waals surface area contributed by atoms with Crippen LogP contribution in [0.2, 0.25) is 0 Å². The van der Waals surface area contributed by atoms with Crippen molar-refractivity contribution in [2.45, 2.75) is 6.42 Å². The average Bonchev–Trinajstić information content (AvgIpc) is 2.57. The maximum absolute atomic E-state index is 13.1. The molecule has 1 amide bonds. The third kappa shape index (κ3) is 4.77. The van der Waals surface area contributed by atoms with Crippen LogP contribution in [0.4, 0.5) is 20.2 Å². The lowest BCUT2D eigenvalue weighted by Gasteiger charge is -2.08. The van der Waals surface area contributed by atoms with Gasteiger partial charge in [-0.2, -0.15) is 0 Å². The molecule has 2 N–H and O–H groups in total. The molecule has 2 aromatic rings. The van der Waals surface area contributed by atoms with Crippen molar-refractivity contribution in [3.63, 3.8) is 0 Å². The molecule has 0 aromatic heterocycles. The molecular weight excluding hydrogens is 318 g/mol. The van der Waals surface area contributed by atoms with Crippen LogP contribution in [0.25, 0.3) is 0 Å². The zero-order valence-electron chi connectivity index (χ0n) is 12.9. The summed E-state index contributed by atoms with van der Waals surface area (Å²) in [6.07, 6.45) is 0.113. The van der Waals surface area contributed by atoms with Crippen molar-refractivity contribution in [2.24, 2.45) is 0 Å². The predicted octanol–water partition coefficient (Wildman–Crippen LogP) is 3.19. The number of rotatable bonds is 6. The lowest BCUT2D eigenvalue weighted by atomic mass is 10.2. The van der Waals surface area contributed by atoms with Gasteiger partial charge in [0.2, 0.25) is 5.91 Å². The largest absolute Gasteiger partial charge is 0.465 e. The predicted molar refractivity (Wildman–Crippen MR) is 85.9 cm³/mol. The number of carbonyl (C=O) groups is 2. The van der Waals surface area contributed by atoms with Crippen LogP contribution in [0.5, 0.6) is 0 Å². The Kier molecular flexibility index (Phi) is 5.83. The van der Waals surface area contributed by atoms with E-state index in [0.29, 0.717) is 16.9 Å². The molecule has 0 aliphatic rings. The first-order valence-electron chi connectivity index (χ1n) is 7.17. The molecule has 126 valence electrons. The fourth-order valence-corrected chi connectivity index (χ4v) is 1.99. The van der Waals surface area contributed by atoms with E-state index in [1.165, 1.54) is 19.2 Å². The van der Waals surface area contributed by atoms with Gasteiger partial charge in [-0.1, -0.05) is 6.07 Å². The first-order chi connectivity index (χ1) is 11.5. The highest BCUT2D eigenvalue weighted by Crippen LogP contribution is 2.14. The summed E-state index contributed by atoms with van der Waals surface area (Å²) < 4.78 is 30.5. The third-order valence-electron chi connectivity index (χ3n) is 3.17. The van der Waals surface area contributed by atoms with Gasteiger partial charge in [-0.15, -0.1) is 0 Å². The molecule has 0 radical (unpaired) electrons. The van der Waals surface area contributed by atoms with Crippen molar-refractivity contribution in [2.75, 3.05) is 24.3 Å². The van der Waals surface area contributed by atoms with Gasteiger partial charge in [-0.25, -0.2) is 13.6 Å². The Labute approximate surface area is 137 Å². The van der Waals surface area contributed by atoms with Crippen molar-refractivity contribution in [3.8, 4) is 0 Å². The zero-order chi connectivity index (χ0) is 17.5. The van der Waals surface area contributed by atoms with Crippen LogP contribution in [0, 0.1) is 11.6 Å². The van der Waals surface area contributed by atoms with Crippen molar-refractivity contribution in [3.05, 3.63) is 59.7 Å². The fourth-order valence-electron chi connectivity index (χ4n) is 1.99. The van der Waals surface area contributed by atoms with Gasteiger partial charge in [0, 0.05) is 24.3 Å². The number of ether oxygens (including phenoxy) is 1. The van der Waals surface area contributed by atoms with Gasteiger partial charge in [0.15, 0.2) is 11.6 Å². The number of benzene rings is 2. The molecule has 0 aliphatic carbocycles. The number of hydrogen-bond donors (Lipinski definition) is 2. The summed E-state index contributed by atoms with van der Waals surface area (Å²) in [5.41, 5.74) is 1.18. The summed E-state index contributed by atoms with van der Waals surface area (Å²) in [7, 11) is 1.28. The van der Waals surface area contributed by atoms with Crippen LogP contribution in [-0.2, 0) is 9.53 Å². The topological polar surface area (TPSA) is 67.4 Å². The van der Waals surface area contributed by atoms with Gasteiger partial charge in [0.25, 0.3) is 0 Å².